The zero-order valence-corrected chi connectivity index (χ0v) is 7.45. The first-order valence-electron chi connectivity index (χ1n) is 3.77. The van der Waals surface area contributed by atoms with E-state index >= 15 is 0 Å². The number of carbonyl (C=O) groups is 2. The lowest BCUT2D eigenvalue weighted by molar-refractivity contribution is -0.155. The number of amides is 1. The summed E-state index contributed by atoms with van der Waals surface area (Å²) in [5, 5.41) is 9.21. The number of hydrogen-bond acceptors (Lipinski definition) is 4. The molecule has 6 heteroatoms. The zero-order valence-electron chi connectivity index (χ0n) is 6.64. The molecule has 0 aromatic heterocycles. The highest BCUT2D eigenvalue weighted by Gasteiger charge is 2.46. The summed E-state index contributed by atoms with van der Waals surface area (Å²) in [6, 6.07) is -0.868. The number of nitrogens with two attached hydrogens (primary N) is 1. The molecule has 0 spiro atoms. The Morgan fingerprint density at radius 2 is 2.46 bits per heavy atom. The van der Waals surface area contributed by atoms with Gasteiger partial charge in [-0.05, 0) is 6.08 Å². The van der Waals surface area contributed by atoms with Crippen molar-refractivity contribution in [2.24, 2.45) is 5.73 Å². The molecule has 2 atom stereocenters. The fourth-order valence-corrected chi connectivity index (χ4v) is 2.57. The van der Waals surface area contributed by atoms with Gasteiger partial charge < -0.3 is 15.7 Å². The van der Waals surface area contributed by atoms with Crippen LogP contribution in [-0.2, 0) is 9.59 Å². The van der Waals surface area contributed by atoms with Gasteiger partial charge >= 0.3 is 5.97 Å². The largest absolute Gasteiger partial charge is 0.479 e. The molecule has 2 rings (SSSR count). The first-order valence-corrected chi connectivity index (χ1v) is 4.65. The summed E-state index contributed by atoms with van der Waals surface area (Å²) in [7, 11) is 0. The third kappa shape index (κ3) is 1.17. The van der Waals surface area contributed by atoms with Crippen LogP contribution in [0.2, 0.25) is 0 Å². The maximum atomic E-state index is 11.1. The molecular formula is C7H8N2O3S. The fraction of sp³-hybridized carbons (Fsp3) is 0.429. The molecule has 1 amide bonds. The Bertz CT molecular complexity index is 315. The van der Waals surface area contributed by atoms with Crippen molar-refractivity contribution in [2.45, 2.75) is 17.8 Å². The number of carboxylic acids is 1. The predicted molar refractivity (Wildman–Crippen MR) is 46.5 cm³/mol. The molecule has 3 N–H and O–H groups in total. The average molecular weight is 200 g/mol. The van der Waals surface area contributed by atoms with Gasteiger partial charge in [0.2, 0.25) is 5.91 Å². The summed E-state index contributed by atoms with van der Waals surface area (Å²) in [5.41, 5.74) is 5.52. The number of rotatable bonds is 1. The van der Waals surface area contributed by atoms with Crippen molar-refractivity contribution < 1.29 is 14.7 Å². The minimum absolute atomic E-state index is 0.0707. The molecule has 13 heavy (non-hydrogen) atoms. The van der Waals surface area contributed by atoms with Crippen molar-refractivity contribution in [3.8, 4) is 0 Å². The maximum absolute atomic E-state index is 11.1. The van der Waals surface area contributed by atoms with Crippen LogP contribution in [0.15, 0.2) is 11.1 Å². The molecule has 2 heterocycles. The smallest absolute Gasteiger partial charge is 0.330 e. The number of β-lactam (4-membered cyclic amide) rings is 1. The van der Waals surface area contributed by atoms with Crippen molar-refractivity contribution in [1.29, 1.82) is 0 Å². The minimum Gasteiger partial charge on any atom is -0.479 e. The van der Waals surface area contributed by atoms with E-state index in [0.29, 0.717) is 11.4 Å². The molecule has 2 aliphatic rings. The number of thioether (sulfide) groups is 1. The SMILES string of the molecule is NC1=CC(C(=O)O)N2C(=O)C[C@H]2S1. The standard InChI is InChI=1S/C7H8N2O3S/c8-4-1-3(7(11)12)9-5(10)2-6(9)13-4/h1,3,6H,2,8H2,(H,11,12)/t3?,6-/m1/s1. The topological polar surface area (TPSA) is 83.6 Å². The molecule has 5 nitrogen and oxygen atoms in total. The van der Waals surface area contributed by atoms with Crippen molar-refractivity contribution in [3.63, 3.8) is 0 Å². The lowest BCUT2D eigenvalue weighted by atomic mass is 10.1. The summed E-state index contributed by atoms with van der Waals surface area (Å²) in [6.07, 6.45) is 1.80. The molecule has 1 unspecified atom stereocenters. The second kappa shape index (κ2) is 2.66. The number of nitrogens with zero attached hydrogens (tertiary/aromatic N) is 1. The summed E-state index contributed by atoms with van der Waals surface area (Å²) in [6.45, 7) is 0. The van der Waals surface area contributed by atoms with Crippen molar-refractivity contribution >= 4 is 23.6 Å². The molecule has 0 aromatic carbocycles. The van der Waals surface area contributed by atoms with Gasteiger partial charge in [-0.3, -0.25) is 4.79 Å². The Morgan fingerprint density at radius 1 is 1.77 bits per heavy atom. The molecule has 1 fully saturated rings. The van der Waals surface area contributed by atoms with E-state index in [4.69, 9.17) is 10.8 Å². The lowest BCUT2D eigenvalue weighted by Gasteiger charge is -2.45. The Morgan fingerprint density at radius 3 is 3.00 bits per heavy atom. The van der Waals surface area contributed by atoms with Crippen LogP contribution >= 0.6 is 11.8 Å². The van der Waals surface area contributed by atoms with E-state index in [1.165, 1.54) is 22.7 Å². The normalized spacial score (nSPS) is 31.8. The second-order valence-electron chi connectivity index (χ2n) is 2.93. The van der Waals surface area contributed by atoms with E-state index in [0.717, 1.165) is 0 Å². The highest BCUT2D eigenvalue weighted by Crippen LogP contribution is 2.38. The van der Waals surface area contributed by atoms with Crippen LogP contribution in [-0.4, -0.2) is 33.3 Å². The van der Waals surface area contributed by atoms with E-state index in [1.54, 1.807) is 0 Å². The Balaban J connectivity index is 2.27. The number of aliphatic carboxylic acids is 1. The molecule has 0 saturated carbocycles. The van der Waals surface area contributed by atoms with Gasteiger partial charge in [0.25, 0.3) is 0 Å². The van der Waals surface area contributed by atoms with Crippen LogP contribution in [0.3, 0.4) is 0 Å². The quantitative estimate of drug-likeness (QED) is 0.560. The highest BCUT2D eigenvalue weighted by molar-refractivity contribution is 8.03. The van der Waals surface area contributed by atoms with E-state index < -0.39 is 12.0 Å². The Hall–Kier alpha value is -1.17. The summed E-state index contributed by atoms with van der Waals surface area (Å²) < 4.78 is 0. The number of fused-ring (bicyclic) bond motifs is 1. The Labute approximate surface area is 78.6 Å². The van der Waals surface area contributed by atoms with Crippen molar-refractivity contribution in [3.05, 3.63) is 11.1 Å². The first kappa shape index (κ1) is 8.43. The molecule has 2 aliphatic heterocycles. The van der Waals surface area contributed by atoms with Gasteiger partial charge in [-0.15, -0.1) is 0 Å². The van der Waals surface area contributed by atoms with E-state index in [1.807, 2.05) is 0 Å². The predicted octanol–water partition coefficient (Wildman–Crippen LogP) is -0.455. The van der Waals surface area contributed by atoms with Gasteiger partial charge in [-0.2, -0.15) is 0 Å². The summed E-state index contributed by atoms with van der Waals surface area (Å²) in [5.74, 6) is -1.14. The molecule has 0 bridgehead atoms. The minimum atomic E-state index is -1.03. The molecule has 0 radical (unpaired) electrons. The van der Waals surface area contributed by atoms with Gasteiger partial charge in [0.05, 0.1) is 16.8 Å². The number of carboxylic acid groups (broad SMARTS) is 1. The second-order valence-corrected chi connectivity index (χ2v) is 4.18. The van der Waals surface area contributed by atoms with Gasteiger partial charge in [-0.25, -0.2) is 4.79 Å². The average Bonchev–Trinajstić information content (AvgIpc) is 2.01. The summed E-state index contributed by atoms with van der Waals surface area (Å²) in [4.78, 5) is 23.1. The molecule has 1 saturated heterocycles. The maximum Gasteiger partial charge on any atom is 0.330 e. The molecule has 70 valence electrons. The third-order valence-corrected chi connectivity index (χ3v) is 3.17. The van der Waals surface area contributed by atoms with Crippen LogP contribution in [0.4, 0.5) is 0 Å². The summed E-state index contributed by atoms with van der Waals surface area (Å²) >= 11 is 1.34. The van der Waals surface area contributed by atoms with Crippen molar-refractivity contribution in [1.82, 2.24) is 4.90 Å². The molecule has 0 aromatic rings. The van der Waals surface area contributed by atoms with E-state index in [-0.39, 0.29) is 11.3 Å². The van der Waals surface area contributed by atoms with E-state index in [2.05, 4.69) is 0 Å². The Kier molecular flexibility index (Phi) is 1.73. The van der Waals surface area contributed by atoms with Crippen molar-refractivity contribution in [2.75, 3.05) is 0 Å². The van der Waals surface area contributed by atoms with E-state index in [9.17, 15) is 9.59 Å². The monoisotopic (exact) mass is 200 g/mol. The van der Waals surface area contributed by atoms with Crippen LogP contribution in [0.5, 0.6) is 0 Å². The van der Waals surface area contributed by atoms with Gasteiger partial charge in [0.1, 0.15) is 0 Å². The number of carbonyl (C=O) groups excluding carboxylic acids is 1. The van der Waals surface area contributed by atoms with Crippen LogP contribution in [0, 0.1) is 0 Å². The highest BCUT2D eigenvalue weighted by atomic mass is 32.2. The zero-order chi connectivity index (χ0) is 9.59. The number of hydrogen-bond donors (Lipinski definition) is 2. The van der Waals surface area contributed by atoms with Gasteiger partial charge in [0, 0.05) is 0 Å². The van der Waals surface area contributed by atoms with Crippen LogP contribution < -0.4 is 5.73 Å². The van der Waals surface area contributed by atoms with Gasteiger partial charge in [-0.1, -0.05) is 11.8 Å². The first-order chi connectivity index (χ1) is 6.09. The third-order valence-electron chi connectivity index (χ3n) is 2.09. The van der Waals surface area contributed by atoms with Crippen LogP contribution in [0.25, 0.3) is 0 Å². The lowest BCUT2D eigenvalue weighted by Crippen LogP contribution is -2.59. The fourth-order valence-electron chi connectivity index (χ4n) is 1.46. The van der Waals surface area contributed by atoms with Crippen LogP contribution in [0.1, 0.15) is 6.42 Å². The van der Waals surface area contributed by atoms with Gasteiger partial charge in [0.15, 0.2) is 6.04 Å². The molecule has 0 aliphatic carbocycles. The molecular weight excluding hydrogens is 192 g/mol.